The molecule has 0 unspecified atom stereocenters. The van der Waals surface area contributed by atoms with Gasteiger partial charge in [0.15, 0.2) is 0 Å². The summed E-state index contributed by atoms with van der Waals surface area (Å²) >= 11 is 1.36. The second-order valence-electron chi connectivity index (χ2n) is 9.15. The topological polar surface area (TPSA) is 108 Å². The first-order valence-electron chi connectivity index (χ1n) is 11.4. The van der Waals surface area contributed by atoms with Gasteiger partial charge >= 0.3 is 6.18 Å². The molecular weight excluding hydrogens is 481 g/mol. The summed E-state index contributed by atoms with van der Waals surface area (Å²) in [6, 6.07) is 4.31. The molecule has 0 bridgehead atoms. The number of halogens is 3. The molecule has 1 aliphatic heterocycles. The number of aliphatic hydroxyl groups is 1. The minimum absolute atomic E-state index is 0.0584. The standard InChI is InChI=1S/C24H31F3N4O3S/c1-15(28)14-35-16(2)23(34)8-6-20(7-9-23)31-12-19(13-31)30-21(32)11-29-22(33)17-4-3-5-18(10-17)24(25,26)27/h3-5,10,14,19-20,34H,2,6-9,11-13,28H2,1H3,(H,29,33)(H,30,32)/b15-14-/t20-,23-. The summed E-state index contributed by atoms with van der Waals surface area (Å²) in [5.74, 6) is -1.14. The average molecular weight is 513 g/mol. The molecule has 2 fully saturated rings. The molecule has 1 aromatic carbocycles. The van der Waals surface area contributed by atoms with Crippen molar-refractivity contribution in [2.24, 2.45) is 5.73 Å². The van der Waals surface area contributed by atoms with Gasteiger partial charge < -0.3 is 21.5 Å². The van der Waals surface area contributed by atoms with Crippen LogP contribution in [0.15, 0.2) is 46.9 Å². The number of rotatable bonds is 8. The number of benzene rings is 1. The fourth-order valence-electron chi connectivity index (χ4n) is 4.28. The molecule has 2 amide bonds. The Hall–Kier alpha value is -2.50. The maximum absolute atomic E-state index is 12.8. The summed E-state index contributed by atoms with van der Waals surface area (Å²) < 4.78 is 38.4. The Bertz CT molecular complexity index is 980. The number of hydrogen-bond donors (Lipinski definition) is 4. The number of alkyl halides is 3. The molecule has 1 saturated heterocycles. The van der Waals surface area contributed by atoms with Gasteiger partial charge in [-0.1, -0.05) is 24.4 Å². The first-order valence-corrected chi connectivity index (χ1v) is 12.2. The maximum atomic E-state index is 12.8. The minimum Gasteiger partial charge on any atom is -0.402 e. The lowest BCUT2D eigenvalue weighted by atomic mass is 9.80. The van der Waals surface area contributed by atoms with Crippen LogP contribution < -0.4 is 16.4 Å². The molecular formula is C24H31F3N4O3S. The Morgan fingerprint density at radius 1 is 1.31 bits per heavy atom. The number of allylic oxidation sites excluding steroid dienone is 1. The van der Waals surface area contributed by atoms with Crippen molar-refractivity contribution in [1.82, 2.24) is 15.5 Å². The summed E-state index contributed by atoms with van der Waals surface area (Å²) in [7, 11) is 0. The molecule has 0 atom stereocenters. The Labute approximate surface area is 207 Å². The van der Waals surface area contributed by atoms with Crippen LogP contribution in [0.1, 0.15) is 48.5 Å². The Morgan fingerprint density at radius 2 is 1.97 bits per heavy atom. The van der Waals surface area contributed by atoms with E-state index >= 15 is 0 Å². The lowest BCUT2D eigenvalue weighted by molar-refractivity contribution is -0.137. The van der Waals surface area contributed by atoms with Crippen LogP contribution in [0.4, 0.5) is 13.2 Å². The van der Waals surface area contributed by atoms with Crippen molar-refractivity contribution >= 4 is 23.6 Å². The normalized spacial score (nSPS) is 23.9. The highest BCUT2D eigenvalue weighted by molar-refractivity contribution is 8.05. The molecule has 7 nitrogen and oxygen atoms in total. The van der Waals surface area contributed by atoms with Crippen LogP contribution >= 0.6 is 11.8 Å². The molecule has 3 rings (SSSR count). The first-order chi connectivity index (χ1) is 16.4. The molecule has 5 N–H and O–H groups in total. The van der Waals surface area contributed by atoms with E-state index in [-0.39, 0.29) is 18.2 Å². The minimum atomic E-state index is -4.55. The Morgan fingerprint density at radius 3 is 2.57 bits per heavy atom. The lowest BCUT2D eigenvalue weighted by Gasteiger charge is -2.48. The van der Waals surface area contributed by atoms with Gasteiger partial charge in [-0.15, -0.1) is 0 Å². The van der Waals surface area contributed by atoms with E-state index in [1.165, 1.54) is 17.8 Å². The molecule has 1 heterocycles. The SMILES string of the molecule is C=C(S/C=C(/C)N)[C@]1(O)CC[C@H](N2CC(NC(=O)CNC(=O)c3cccc(C(F)(F)F)c3)C2)CC1. The van der Waals surface area contributed by atoms with E-state index in [2.05, 4.69) is 22.1 Å². The smallest absolute Gasteiger partial charge is 0.402 e. The maximum Gasteiger partial charge on any atom is 0.416 e. The monoisotopic (exact) mass is 512 g/mol. The molecule has 1 saturated carbocycles. The fraction of sp³-hybridized carbons (Fsp3) is 0.500. The van der Waals surface area contributed by atoms with Gasteiger partial charge in [0.2, 0.25) is 5.91 Å². The van der Waals surface area contributed by atoms with E-state index < -0.39 is 29.2 Å². The number of carbonyl (C=O) groups excluding carboxylic acids is 2. The molecule has 11 heteroatoms. The van der Waals surface area contributed by atoms with Crippen LogP contribution in [0, 0.1) is 0 Å². The number of thioether (sulfide) groups is 1. The zero-order valence-electron chi connectivity index (χ0n) is 19.5. The second-order valence-corrected chi connectivity index (χ2v) is 10.1. The number of likely N-dealkylation sites (tertiary alicyclic amines) is 1. The second kappa shape index (κ2) is 11.0. The highest BCUT2D eigenvalue weighted by Crippen LogP contribution is 2.41. The van der Waals surface area contributed by atoms with Crippen LogP contribution in [0.2, 0.25) is 0 Å². The van der Waals surface area contributed by atoms with Crippen molar-refractivity contribution in [3.05, 3.63) is 58.0 Å². The summed E-state index contributed by atoms with van der Waals surface area (Å²) in [4.78, 5) is 27.3. The van der Waals surface area contributed by atoms with Gasteiger partial charge in [-0.05, 0) is 56.2 Å². The van der Waals surface area contributed by atoms with Crippen LogP contribution in [0.25, 0.3) is 0 Å². The quantitative estimate of drug-likeness (QED) is 0.427. The highest BCUT2D eigenvalue weighted by atomic mass is 32.2. The highest BCUT2D eigenvalue weighted by Gasteiger charge is 2.41. The van der Waals surface area contributed by atoms with Gasteiger partial charge in [0, 0.05) is 35.3 Å². The van der Waals surface area contributed by atoms with E-state index in [4.69, 9.17) is 5.73 Å². The van der Waals surface area contributed by atoms with Gasteiger partial charge in [0.05, 0.1) is 23.8 Å². The van der Waals surface area contributed by atoms with E-state index in [9.17, 15) is 27.9 Å². The number of hydrogen-bond acceptors (Lipinski definition) is 6. The number of nitrogens with one attached hydrogen (secondary N) is 2. The summed E-state index contributed by atoms with van der Waals surface area (Å²) in [5.41, 5.74) is 4.32. The molecule has 1 aromatic rings. The molecule has 1 aliphatic carbocycles. The average Bonchev–Trinajstić information content (AvgIpc) is 2.78. The third-order valence-corrected chi connectivity index (χ3v) is 7.50. The predicted octanol–water partition coefficient (Wildman–Crippen LogP) is 2.98. The predicted molar refractivity (Wildman–Crippen MR) is 129 cm³/mol. The van der Waals surface area contributed by atoms with E-state index in [1.54, 1.807) is 12.3 Å². The first kappa shape index (κ1) is 27.1. The summed E-state index contributed by atoms with van der Waals surface area (Å²) in [6.07, 6.45) is -1.70. The molecule has 35 heavy (non-hydrogen) atoms. The third-order valence-electron chi connectivity index (χ3n) is 6.34. The fourth-order valence-corrected chi connectivity index (χ4v) is 5.03. The van der Waals surface area contributed by atoms with E-state index in [0.717, 1.165) is 31.0 Å². The van der Waals surface area contributed by atoms with Gasteiger partial charge in [-0.3, -0.25) is 14.5 Å². The number of nitrogens with zero attached hydrogens (tertiary/aromatic N) is 1. The van der Waals surface area contributed by atoms with Crippen LogP contribution in [0.3, 0.4) is 0 Å². The van der Waals surface area contributed by atoms with Crippen LogP contribution in [-0.4, -0.2) is 59.1 Å². The van der Waals surface area contributed by atoms with Crippen molar-refractivity contribution < 1.29 is 27.9 Å². The third kappa shape index (κ3) is 7.25. The zero-order chi connectivity index (χ0) is 25.8. The van der Waals surface area contributed by atoms with Crippen molar-refractivity contribution in [2.75, 3.05) is 19.6 Å². The van der Waals surface area contributed by atoms with Gasteiger partial charge in [-0.25, -0.2) is 0 Å². The largest absolute Gasteiger partial charge is 0.416 e. The van der Waals surface area contributed by atoms with Crippen LogP contribution in [-0.2, 0) is 11.0 Å². The summed E-state index contributed by atoms with van der Waals surface area (Å²) in [5, 5.41) is 17.9. The molecule has 2 aliphatic rings. The van der Waals surface area contributed by atoms with Gasteiger partial charge in [0.25, 0.3) is 5.91 Å². The van der Waals surface area contributed by atoms with Gasteiger partial charge in [-0.2, -0.15) is 13.2 Å². The molecule has 0 radical (unpaired) electrons. The summed E-state index contributed by atoms with van der Waals surface area (Å²) in [6.45, 7) is 6.80. The molecule has 192 valence electrons. The van der Waals surface area contributed by atoms with Crippen molar-refractivity contribution in [3.63, 3.8) is 0 Å². The molecule has 0 spiro atoms. The Balaban J connectivity index is 1.37. The number of nitrogens with two attached hydrogens (primary N) is 1. The number of carbonyl (C=O) groups is 2. The van der Waals surface area contributed by atoms with Gasteiger partial charge in [0.1, 0.15) is 0 Å². The van der Waals surface area contributed by atoms with Crippen LogP contribution in [0.5, 0.6) is 0 Å². The Kier molecular flexibility index (Phi) is 8.55. The van der Waals surface area contributed by atoms with Crippen molar-refractivity contribution in [1.29, 1.82) is 0 Å². The van der Waals surface area contributed by atoms with E-state index in [1.807, 2.05) is 0 Å². The van der Waals surface area contributed by atoms with Crippen molar-refractivity contribution in [3.8, 4) is 0 Å². The van der Waals surface area contributed by atoms with E-state index in [0.29, 0.717) is 42.6 Å². The zero-order valence-corrected chi connectivity index (χ0v) is 20.3. The van der Waals surface area contributed by atoms with Crippen molar-refractivity contribution in [2.45, 2.75) is 56.5 Å². The molecule has 0 aromatic heterocycles. The number of amides is 2. The lowest BCUT2D eigenvalue weighted by Crippen LogP contribution is -2.63.